The van der Waals surface area contributed by atoms with Gasteiger partial charge in [0.15, 0.2) is 9.04 Å². The van der Waals surface area contributed by atoms with Gasteiger partial charge in [0.25, 0.3) is 0 Å². The number of allylic oxidation sites excluding steroid dienone is 1. The molecule has 0 aromatic carbocycles. The molecule has 0 aromatic heterocycles. The lowest BCUT2D eigenvalue weighted by Gasteiger charge is -2.59. The van der Waals surface area contributed by atoms with Crippen LogP contribution in [0.2, 0.25) is 13.1 Å². The molecule has 0 aromatic rings. The minimum absolute atomic E-state index is 0.123. The topological polar surface area (TPSA) is 66.8 Å². The van der Waals surface area contributed by atoms with E-state index in [9.17, 15) is 14.7 Å². The highest BCUT2D eigenvalue weighted by molar-refractivity contribution is 8.78. The van der Waals surface area contributed by atoms with Gasteiger partial charge in [-0.05, 0) is 32.4 Å². The molecule has 0 bridgehead atoms. The number of hydrogen-bond acceptors (Lipinski definition) is 5. The van der Waals surface area contributed by atoms with E-state index in [0.717, 1.165) is 0 Å². The molecule has 130 valence electrons. The van der Waals surface area contributed by atoms with Crippen LogP contribution in [0.3, 0.4) is 0 Å². The monoisotopic (exact) mass is 375 g/mol. The van der Waals surface area contributed by atoms with Gasteiger partial charge in [0.1, 0.15) is 11.1 Å². The number of carbonyl (C=O) groups excluding carboxylic acids is 1. The molecule has 1 unspecified atom stereocenters. The molecule has 5 nitrogen and oxygen atoms in total. The van der Waals surface area contributed by atoms with Crippen molar-refractivity contribution in [1.29, 1.82) is 0 Å². The molecular weight excluding hydrogens is 350 g/mol. The fourth-order valence-electron chi connectivity index (χ4n) is 3.10. The zero-order chi connectivity index (χ0) is 17.7. The summed E-state index contributed by atoms with van der Waals surface area (Å²) >= 11 is 0. The first-order chi connectivity index (χ1) is 10.4. The molecule has 2 aliphatic rings. The average Bonchev–Trinajstić information content (AvgIpc) is 2.36. The van der Waals surface area contributed by atoms with E-state index in [0.29, 0.717) is 4.91 Å². The Hall–Kier alpha value is -0.443. The Bertz CT molecular complexity index is 572. The highest BCUT2D eigenvalue weighted by Gasteiger charge is 2.63. The Morgan fingerprint density at radius 3 is 2.30 bits per heavy atom. The number of hydrogen-bond donors (Lipinski definition) is 1. The molecule has 23 heavy (non-hydrogen) atoms. The van der Waals surface area contributed by atoms with E-state index in [4.69, 9.17) is 4.43 Å². The number of nitrogens with zero attached hydrogens (tertiary/aromatic N) is 1. The Kier molecular flexibility index (Phi) is 5.03. The summed E-state index contributed by atoms with van der Waals surface area (Å²) in [6.07, 6.45) is 0. The van der Waals surface area contributed by atoms with Crippen LogP contribution in [0.5, 0.6) is 0 Å². The highest BCUT2D eigenvalue weighted by Crippen LogP contribution is 2.57. The van der Waals surface area contributed by atoms with Crippen molar-refractivity contribution in [2.75, 3.05) is 0 Å². The SMILES string of the molecule is CC1=C(C(=O)O)N2C(=O)[C@@H](C(C)(O[SiH](C)C)C(C)(C)C)[C@H]2SS1. The Morgan fingerprint density at radius 1 is 1.30 bits per heavy atom. The van der Waals surface area contributed by atoms with E-state index < -0.39 is 20.6 Å². The summed E-state index contributed by atoms with van der Waals surface area (Å²) in [5.41, 5.74) is -0.701. The third-order valence-electron chi connectivity index (χ3n) is 4.65. The maximum atomic E-state index is 12.9. The number of amides is 1. The summed E-state index contributed by atoms with van der Waals surface area (Å²) in [5.74, 6) is -1.49. The van der Waals surface area contributed by atoms with Gasteiger partial charge in [0.05, 0.1) is 11.5 Å². The van der Waals surface area contributed by atoms with Crippen molar-refractivity contribution in [2.45, 2.75) is 58.7 Å². The summed E-state index contributed by atoms with van der Waals surface area (Å²) in [4.78, 5) is 26.5. The van der Waals surface area contributed by atoms with Gasteiger partial charge >= 0.3 is 5.97 Å². The van der Waals surface area contributed by atoms with Gasteiger partial charge in [-0.3, -0.25) is 9.69 Å². The highest BCUT2D eigenvalue weighted by atomic mass is 33.1. The number of carboxylic acid groups (broad SMARTS) is 1. The van der Waals surface area contributed by atoms with Crippen molar-refractivity contribution in [2.24, 2.45) is 11.3 Å². The predicted molar refractivity (Wildman–Crippen MR) is 97.5 cm³/mol. The van der Waals surface area contributed by atoms with Crippen LogP contribution in [0.4, 0.5) is 0 Å². The normalized spacial score (nSPS) is 27.7. The fourth-order valence-corrected chi connectivity index (χ4v) is 7.42. The molecule has 0 saturated carbocycles. The molecule has 0 spiro atoms. The van der Waals surface area contributed by atoms with E-state index in [-0.39, 0.29) is 28.3 Å². The summed E-state index contributed by atoms with van der Waals surface area (Å²) < 4.78 is 6.35. The van der Waals surface area contributed by atoms with Crippen molar-refractivity contribution in [3.8, 4) is 0 Å². The molecule has 1 saturated heterocycles. The molecule has 2 rings (SSSR count). The van der Waals surface area contributed by atoms with Gasteiger partial charge < -0.3 is 9.53 Å². The zero-order valence-corrected chi connectivity index (χ0v) is 17.5. The molecule has 0 aliphatic carbocycles. The Labute approximate surface area is 147 Å². The molecule has 2 aliphatic heterocycles. The first-order valence-corrected chi connectivity index (χ1v) is 12.7. The van der Waals surface area contributed by atoms with E-state index in [2.05, 4.69) is 33.9 Å². The molecule has 1 amide bonds. The summed E-state index contributed by atoms with van der Waals surface area (Å²) in [6.45, 7) is 14.2. The summed E-state index contributed by atoms with van der Waals surface area (Å²) in [6, 6.07) is 0. The number of carbonyl (C=O) groups is 2. The van der Waals surface area contributed by atoms with Crippen LogP contribution in [0, 0.1) is 11.3 Å². The third kappa shape index (κ3) is 2.98. The van der Waals surface area contributed by atoms with E-state index in [1.807, 2.05) is 6.92 Å². The van der Waals surface area contributed by atoms with Gasteiger partial charge in [-0.2, -0.15) is 0 Å². The Morgan fingerprint density at radius 2 is 1.87 bits per heavy atom. The van der Waals surface area contributed by atoms with Crippen LogP contribution in [0.25, 0.3) is 0 Å². The maximum Gasteiger partial charge on any atom is 0.353 e. The largest absolute Gasteiger partial charge is 0.477 e. The third-order valence-corrected chi connectivity index (χ3v) is 8.47. The van der Waals surface area contributed by atoms with Crippen molar-refractivity contribution in [3.05, 3.63) is 10.6 Å². The standard InChI is InChI=1S/C15H25NO4S2Si/c1-8-10(13(18)19)16-11(17)9(12(16)22-21-8)15(5,14(2,3)4)20-23(6)7/h9,12,23H,1-7H3,(H,18,19)/t9-,12-,15?/m1/s1. The van der Waals surface area contributed by atoms with Crippen molar-refractivity contribution in [3.63, 3.8) is 0 Å². The second kappa shape index (κ2) is 6.13. The second-order valence-electron chi connectivity index (χ2n) is 7.49. The zero-order valence-electron chi connectivity index (χ0n) is 14.7. The van der Waals surface area contributed by atoms with Gasteiger partial charge in [0.2, 0.25) is 5.91 Å². The number of rotatable bonds is 4. The maximum absolute atomic E-state index is 12.9. The van der Waals surface area contributed by atoms with Gasteiger partial charge in [-0.15, -0.1) is 0 Å². The number of carboxylic acids is 1. The summed E-state index contributed by atoms with van der Waals surface area (Å²) in [7, 11) is 1.64. The van der Waals surface area contributed by atoms with Crippen molar-refractivity contribution in [1.82, 2.24) is 4.90 Å². The predicted octanol–water partition coefficient (Wildman–Crippen LogP) is 3.29. The van der Waals surface area contributed by atoms with Crippen LogP contribution < -0.4 is 0 Å². The number of aliphatic carboxylic acids is 1. The van der Waals surface area contributed by atoms with Gasteiger partial charge in [0, 0.05) is 4.91 Å². The van der Waals surface area contributed by atoms with Crippen LogP contribution in [-0.4, -0.2) is 41.9 Å². The van der Waals surface area contributed by atoms with Crippen LogP contribution in [0.15, 0.2) is 10.6 Å². The molecule has 8 heteroatoms. The lowest BCUT2D eigenvalue weighted by atomic mass is 9.66. The van der Waals surface area contributed by atoms with E-state index >= 15 is 0 Å². The first-order valence-electron chi connectivity index (χ1n) is 7.70. The van der Waals surface area contributed by atoms with Crippen LogP contribution in [0.1, 0.15) is 34.6 Å². The summed E-state index contributed by atoms with van der Waals surface area (Å²) in [5, 5.41) is 9.26. The van der Waals surface area contributed by atoms with Gasteiger partial charge in [-0.25, -0.2) is 4.79 Å². The average molecular weight is 376 g/mol. The fraction of sp³-hybridized carbons (Fsp3) is 0.733. The lowest BCUT2D eigenvalue weighted by molar-refractivity contribution is -0.174. The quantitative estimate of drug-likeness (QED) is 0.462. The van der Waals surface area contributed by atoms with E-state index in [1.165, 1.54) is 15.7 Å². The molecule has 2 heterocycles. The van der Waals surface area contributed by atoms with Crippen LogP contribution in [-0.2, 0) is 14.0 Å². The number of β-lactam (4-membered cyclic amide) rings is 1. The molecular formula is C15H25NO4S2Si. The van der Waals surface area contributed by atoms with Crippen LogP contribution >= 0.6 is 21.6 Å². The molecule has 1 N–H and O–H groups in total. The van der Waals surface area contributed by atoms with Crippen molar-refractivity contribution < 1.29 is 19.1 Å². The molecule has 3 atom stereocenters. The smallest absolute Gasteiger partial charge is 0.353 e. The van der Waals surface area contributed by atoms with E-state index in [1.54, 1.807) is 17.7 Å². The number of fused-ring (bicyclic) bond motifs is 1. The Balaban J connectivity index is 2.40. The lowest BCUT2D eigenvalue weighted by Crippen LogP contribution is -2.71. The first kappa shape index (κ1) is 18.9. The second-order valence-corrected chi connectivity index (χ2v) is 12.4. The molecule has 0 radical (unpaired) electrons. The van der Waals surface area contributed by atoms with Gasteiger partial charge in [-0.1, -0.05) is 42.4 Å². The van der Waals surface area contributed by atoms with Crippen molar-refractivity contribution >= 4 is 42.5 Å². The molecule has 1 fully saturated rings. The minimum atomic E-state index is -1.37. The minimum Gasteiger partial charge on any atom is -0.477 e.